The molecule has 154 valence electrons. The first-order valence-corrected chi connectivity index (χ1v) is 10.1. The van der Waals surface area contributed by atoms with Crippen molar-refractivity contribution in [3.05, 3.63) is 70.5 Å². The zero-order valence-corrected chi connectivity index (χ0v) is 17.4. The maximum absolute atomic E-state index is 13.1. The molecule has 1 saturated heterocycles. The molecule has 2 aromatic carbocycles. The number of hydrogen-bond acceptors (Lipinski definition) is 4. The van der Waals surface area contributed by atoms with Gasteiger partial charge in [-0.1, -0.05) is 23.2 Å². The lowest BCUT2D eigenvalue weighted by atomic mass is 10.1. The highest BCUT2D eigenvalue weighted by atomic mass is 35.5. The van der Waals surface area contributed by atoms with Crippen molar-refractivity contribution >= 4 is 40.7 Å². The molecule has 0 aliphatic carbocycles. The van der Waals surface area contributed by atoms with Crippen molar-refractivity contribution in [2.45, 2.75) is 0 Å². The number of carbonyl (C=O) groups excluding carboxylic acids is 1. The van der Waals surface area contributed by atoms with Crippen LogP contribution in [0.5, 0.6) is 0 Å². The van der Waals surface area contributed by atoms with E-state index in [0.29, 0.717) is 47.6 Å². The summed E-state index contributed by atoms with van der Waals surface area (Å²) in [5.41, 5.74) is 2.04. The van der Waals surface area contributed by atoms with Gasteiger partial charge >= 0.3 is 6.03 Å². The average molecular weight is 446 g/mol. The zero-order valence-electron chi connectivity index (χ0n) is 15.9. The molecule has 0 spiro atoms. The van der Waals surface area contributed by atoms with Gasteiger partial charge < -0.3 is 15.1 Å². The summed E-state index contributed by atoms with van der Waals surface area (Å²) < 4.78 is 13.1. The summed E-state index contributed by atoms with van der Waals surface area (Å²) in [6, 6.07) is 14.6. The number of nitrogens with one attached hydrogen (secondary N) is 1. The number of carbonyl (C=O) groups is 1. The molecule has 1 aliphatic rings. The molecule has 3 aromatic rings. The molecule has 0 radical (unpaired) electrons. The fraction of sp³-hybridized carbons (Fsp3) is 0.190. The van der Waals surface area contributed by atoms with E-state index in [2.05, 4.69) is 20.4 Å². The molecule has 0 bridgehead atoms. The number of amides is 2. The largest absolute Gasteiger partial charge is 0.352 e. The minimum atomic E-state index is -0.288. The molecule has 4 rings (SSSR count). The fourth-order valence-corrected chi connectivity index (χ4v) is 3.76. The molecule has 30 heavy (non-hydrogen) atoms. The van der Waals surface area contributed by atoms with E-state index in [9.17, 15) is 9.18 Å². The van der Waals surface area contributed by atoms with Crippen LogP contribution in [0.3, 0.4) is 0 Å². The number of rotatable bonds is 3. The Balaban J connectivity index is 1.34. The number of piperazine rings is 1. The second-order valence-electron chi connectivity index (χ2n) is 6.85. The van der Waals surface area contributed by atoms with Gasteiger partial charge in [0.25, 0.3) is 0 Å². The van der Waals surface area contributed by atoms with E-state index < -0.39 is 0 Å². The van der Waals surface area contributed by atoms with Crippen molar-refractivity contribution in [3.63, 3.8) is 0 Å². The van der Waals surface area contributed by atoms with Gasteiger partial charge in [0.2, 0.25) is 0 Å². The molecule has 1 fully saturated rings. The van der Waals surface area contributed by atoms with Crippen LogP contribution in [-0.4, -0.2) is 47.3 Å². The average Bonchev–Trinajstić information content (AvgIpc) is 2.74. The fourth-order valence-electron chi connectivity index (χ4n) is 3.24. The van der Waals surface area contributed by atoms with Crippen molar-refractivity contribution in [2.75, 3.05) is 36.4 Å². The van der Waals surface area contributed by atoms with E-state index in [1.165, 1.54) is 12.1 Å². The highest BCUT2D eigenvalue weighted by Crippen LogP contribution is 2.23. The Morgan fingerprint density at radius 1 is 0.900 bits per heavy atom. The first-order chi connectivity index (χ1) is 14.5. The van der Waals surface area contributed by atoms with E-state index in [-0.39, 0.29) is 11.8 Å². The molecule has 1 N–H and O–H groups in total. The molecule has 0 unspecified atom stereocenters. The van der Waals surface area contributed by atoms with Gasteiger partial charge in [-0.05, 0) is 54.6 Å². The van der Waals surface area contributed by atoms with Crippen molar-refractivity contribution in [1.82, 2.24) is 15.1 Å². The van der Waals surface area contributed by atoms with Crippen molar-refractivity contribution in [2.24, 2.45) is 0 Å². The van der Waals surface area contributed by atoms with Gasteiger partial charge in [0.15, 0.2) is 5.82 Å². The summed E-state index contributed by atoms with van der Waals surface area (Å²) >= 11 is 12.0. The van der Waals surface area contributed by atoms with Crippen LogP contribution >= 0.6 is 23.2 Å². The van der Waals surface area contributed by atoms with Gasteiger partial charge in [0, 0.05) is 47.5 Å². The first-order valence-electron chi connectivity index (χ1n) is 9.34. The quantitative estimate of drug-likeness (QED) is 0.619. The maximum atomic E-state index is 13.1. The zero-order chi connectivity index (χ0) is 21.1. The highest BCUT2D eigenvalue weighted by molar-refractivity contribution is 6.35. The Labute approximate surface area is 183 Å². The van der Waals surface area contributed by atoms with Gasteiger partial charge in [-0.2, -0.15) is 0 Å². The monoisotopic (exact) mass is 445 g/mol. The van der Waals surface area contributed by atoms with Gasteiger partial charge in [-0.3, -0.25) is 0 Å². The minimum absolute atomic E-state index is 0.203. The molecule has 0 saturated carbocycles. The standard InChI is InChI=1S/C21H18Cl2FN5O/c22-15-11-16(23)13-18(12-15)25-21(30)29-9-7-28(8-10-29)20-6-5-19(26-27-20)14-1-3-17(24)4-2-14/h1-6,11-13H,7-10H2,(H,25,30). The van der Waals surface area contributed by atoms with Crippen molar-refractivity contribution in [3.8, 4) is 11.3 Å². The Hall–Kier alpha value is -2.90. The predicted octanol–water partition coefficient (Wildman–Crippen LogP) is 4.94. The number of aromatic nitrogens is 2. The molecule has 1 aliphatic heterocycles. The van der Waals surface area contributed by atoms with Gasteiger partial charge in [-0.25, -0.2) is 9.18 Å². The van der Waals surface area contributed by atoms with Crippen LogP contribution in [0.15, 0.2) is 54.6 Å². The summed E-state index contributed by atoms with van der Waals surface area (Å²) in [7, 11) is 0. The normalized spacial score (nSPS) is 14.0. The van der Waals surface area contributed by atoms with Gasteiger partial charge in [-0.15, -0.1) is 10.2 Å². The number of hydrogen-bond donors (Lipinski definition) is 1. The molecule has 6 nitrogen and oxygen atoms in total. The summed E-state index contributed by atoms with van der Waals surface area (Å²) in [6.45, 7) is 2.35. The van der Waals surface area contributed by atoms with E-state index in [4.69, 9.17) is 23.2 Å². The predicted molar refractivity (Wildman–Crippen MR) is 117 cm³/mol. The summed E-state index contributed by atoms with van der Waals surface area (Å²) in [5, 5.41) is 12.3. The van der Waals surface area contributed by atoms with Crippen molar-refractivity contribution < 1.29 is 9.18 Å². The lowest BCUT2D eigenvalue weighted by molar-refractivity contribution is 0.208. The Kier molecular flexibility index (Phi) is 6.01. The van der Waals surface area contributed by atoms with Crippen LogP contribution in [0.25, 0.3) is 11.3 Å². The Morgan fingerprint density at radius 2 is 1.57 bits per heavy atom. The molecule has 1 aromatic heterocycles. The minimum Gasteiger partial charge on any atom is -0.352 e. The second kappa shape index (κ2) is 8.85. The third-order valence-electron chi connectivity index (χ3n) is 4.80. The topological polar surface area (TPSA) is 61.4 Å². The lowest BCUT2D eigenvalue weighted by Crippen LogP contribution is -2.50. The molecular weight excluding hydrogens is 428 g/mol. The highest BCUT2D eigenvalue weighted by Gasteiger charge is 2.22. The number of urea groups is 1. The van der Waals surface area contributed by atoms with Crippen LogP contribution in [0.1, 0.15) is 0 Å². The first kappa shape index (κ1) is 20.4. The van der Waals surface area contributed by atoms with Crippen LogP contribution < -0.4 is 10.2 Å². The van der Waals surface area contributed by atoms with E-state index in [1.54, 1.807) is 35.2 Å². The number of benzene rings is 2. The SMILES string of the molecule is O=C(Nc1cc(Cl)cc(Cl)c1)N1CCN(c2ccc(-c3ccc(F)cc3)nn2)CC1. The lowest BCUT2D eigenvalue weighted by Gasteiger charge is -2.35. The smallest absolute Gasteiger partial charge is 0.321 e. The van der Waals surface area contributed by atoms with Crippen LogP contribution in [0, 0.1) is 5.82 Å². The van der Waals surface area contributed by atoms with E-state index in [1.807, 2.05) is 12.1 Å². The second-order valence-corrected chi connectivity index (χ2v) is 7.72. The van der Waals surface area contributed by atoms with Crippen LogP contribution in [-0.2, 0) is 0 Å². The van der Waals surface area contributed by atoms with E-state index >= 15 is 0 Å². The van der Waals surface area contributed by atoms with Gasteiger partial charge in [0.1, 0.15) is 5.82 Å². The third kappa shape index (κ3) is 4.80. The summed E-state index contributed by atoms with van der Waals surface area (Å²) in [5.74, 6) is 0.450. The number of halogens is 3. The Bertz CT molecular complexity index is 1020. The third-order valence-corrected chi connectivity index (χ3v) is 5.23. The number of anilines is 2. The molecular formula is C21H18Cl2FN5O. The Morgan fingerprint density at radius 3 is 2.17 bits per heavy atom. The van der Waals surface area contributed by atoms with Crippen LogP contribution in [0.2, 0.25) is 10.0 Å². The van der Waals surface area contributed by atoms with Gasteiger partial charge in [0.05, 0.1) is 5.69 Å². The number of nitrogens with zero attached hydrogens (tertiary/aromatic N) is 4. The molecule has 2 heterocycles. The maximum Gasteiger partial charge on any atom is 0.321 e. The molecule has 9 heteroatoms. The van der Waals surface area contributed by atoms with Crippen LogP contribution in [0.4, 0.5) is 20.7 Å². The summed E-state index contributed by atoms with van der Waals surface area (Å²) in [4.78, 5) is 16.3. The van der Waals surface area contributed by atoms with E-state index in [0.717, 1.165) is 11.4 Å². The van der Waals surface area contributed by atoms with Crippen molar-refractivity contribution in [1.29, 1.82) is 0 Å². The molecule has 0 atom stereocenters. The molecule has 2 amide bonds. The summed E-state index contributed by atoms with van der Waals surface area (Å²) in [6.07, 6.45) is 0.